The number of aryl methyl sites for hydroxylation is 1. The fourth-order valence-electron chi connectivity index (χ4n) is 2.41. The summed E-state index contributed by atoms with van der Waals surface area (Å²) in [7, 11) is 1.71. The van der Waals surface area contributed by atoms with E-state index < -0.39 is 0 Å². The van der Waals surface area contributed by atoms with E-state index in [1.165, 1.54) is 6.42 Å². The van der Waals surface area contributed by atoms with Gasteiger partial charge < -0.3 is 10.1 Å². The lowest BCUT2D eigenvalue weighted by atomic mass is 10.2. The molecule has 4 nitrogen and oxygen atoms in total. The third-order valence-electron chi connectivity index (χ3n) is 3.52. The molecule has 4 heteroatoms. The second kappa shape index (κ2) is 6.16. The van der Waals surface area contributed by atoms with E-state index in [0.29, 0.717) is 6.04 Å². The lowest BCUT2D eigenvalue weighted by Gasteiger charge is -2.26. The minimum Gasteiger partial charge on any atom is -0.497 e. The molecule has 1 aromatic rings. The molecule has 1 aromatic heterocycles. The molecule has 0 amide bonds. The van der Waals surface area contributed by atoms with Gasteiger partial charge in [-0.2, -0.15) is 0 Å². The maximum Gasteiger partial charge on any atom is 0.122 e. The molecule has 1 aliphatic heterocycles. The SMILES string of the molecule is COc1cc(C)nc(CN2CCNCCC2C)c1. The average Bonchev–Trinajstić information content (AvgIpc) is 2.54. The molecule has 1 atom stereocenters. The summed E-state index contributed by atoms with van der Waals surface area (Å²) >= 11 is 0. The highest BCUT2D eigenvalue weighted by Crippen LogP contribution is 2.16. The Morgan fingerprint density at radius 1 is 1.44 bits per heavy atom. The maximum absolute atomic E-state index is 5.31. The van der Waals surface area contributed by atoms with Crippen LogP contribution in [0.2, 0.25) is 0 Å². The number of nitrogens with zero attached hydrogens (tertiary/aromatic N) is 2. The summed E-state index contributed by atoms with van der Waals surface area (Å²) in [5.41, 5.74) is 2.12. The summed E-state index contributed by atoms with van der Waals surface area (Å²) in [5, 5.41) is 3.44. The zero-order valence-corrected chi connectivity index (χ0v) is 11.6. The van der Waals surface area contributed by atoms with Gasteiger partial charge in [-0.3, -0.25) is 9.88 Å². The molecule has 18 heavy (non-hydrogen) atoms. The number of pyridine rings is 1. The molecule has 0 aliphatic carbocycles. The first kappa shape index (κ1) is 13.3. The molecule has 0 bridgehead atoms. The number of ether oxygens (including phenoxy) is 1. The van der Waals surface area contributed by atoms with Gasteiger partial charge in [0.15, 0.2) is 0 Å². The fraction of sp³-hybridized carbons (Fsp3) is 0.643. The zero-order valence-electron chi connectivity index (χ0n) is 11.6. The van der Waals surface area contributed by atoms with Crippen LogP contribution in [0.15, 0.2) is 12.1 Å². The highest BCUT2D eigenvalue weighted by atomic mass is 16.5. The highest BCUT2D eigenvalue weighted by Gasteiger charge is 2.17. The fourth-order valence-corrected chi connectivity index (χ4v) is 2.41. The summed E-state index contributed by atoms with van der Waals surface area (Å²) in [4.78, 5) is 7.09. The van der Waals surface area contributed by atoms with Crippen LogP contribution in [0.3, 0.4) is 0 Å². The minimum absolute atomic E-state index is 0.605. The van der Waals surface area contributed by atoms with E-state index in [-0.39, 0.29) is 0 Å². The Morgan fingerprint density at radius 3 is 3.06 bits per heavy atom. The van der Waals surface area contributed by atoms with E-state index in [9.17, 15) is 0 Å². The number of aromatic nitrogens is 1. The molecule has 1 saturated heterocycles. The third kappa shape index (κ3) is 3.43. The first-order valence-corrected chi connectivity index (χ1v) is 6.65. The van der Waals surface area contributed by atoms with Crippen LogP contribution in [0.4, 0.5) is 0 Å². The van der Waals surface area contributed by atoms with E-state index in [1.54, 1.807) is 7.11 Å². The standard InChI is InChI=1S/C14H23N3O/c1-11-8-14(18-3)9-13(16-11)10-17-7-6-15-5-4-12(17)2/h8-9,12,15H,4-7,10H2,1-3H3. The van der Waals surface area contributed by atoms with Crippen molar-refractivity contribution in [2.75, 3.05) is 26.7 Å². The molecule has 1 unspecified atom stereocenters. The van der Waals surface area contributed by atoms with Crippen LogP contribution < -0.4 is 10.1 Å². The van der Waals surface area contributed by atoms with Crippen LogP contribution >= 0.6 is 0 Å². The number of hydrogen-bond acceptors (Lipinski definition) is 4. The maximum atomic E-state index is 5.31. The van der Waals surface area contributed by atoms with Gasteiger partial charge in [-0.15, -0.1) is 0 Å². The number of rotatable bonds is 3. The van der Waals surface area contributed by atoms with Crippen molar-refractivity contribution in [1.82, 2.24) is 15.2 Å². The van der Waals surface area contributed by atoms with Gasteiger partial charge in [0.1, 0.15) is 5.75 Å². The summed E-state index contributed by atoms with van der Waals surface area (Å²) in [6.45, 7) is 8.47. The number of nitrogens with one attached hydrogen (secondary N) is 1. The average molecular weight is 249 g/mol. The van der Waals surface area contributed by atoms with E-state index in [4.69, 9.17) is 4.74 Å². The lowest BCUT2D eigenvalue weighted by molar-refractivity contribution is 0.208. The Hall–Kier alpha value is -1.13. The van der Waals surface area contributed by atoms with Crippen molar-refractivity contribution in [1.29, 1.82) is 0 Å². The van der Waals surface area contributed by atoms with Gasteiger partial charge >= 0.3 is 0 Å². The van der Waals surface area contributed by atoms with Gasteiger partial charge in [0.2, 0.25) is 0 Å². The van der Waals surface area contributed by atoms with E-state index in [1.807, 2.05) is 19.1 Å². The van der Waals surface area contributed by atoms with Crippen molar-refractivity contribution >= 4 is 0 Å². The largest absolute Gasteiger partial charge is 0.497 e. The minimum atomic E-state index is 0.605. The Morgan fingerprint density at radius 2 is 2.28 bits per heavy atom. The van der Waals surface area contributed by atoms with Crippen molar-refractivity contribution in [3.05, 3.63) is 23.5 Å². The van der Waals surface area contributed by atoms with Crippen LogP contribution in [0, 0.1) is 6.92 Å². The zero-order chi connectivity index (χ0) is 13.0. The second-order valence-corrected chi connectivity index (χ2v) is 5.00. The summed E-state index contributed by atoms with van der Waals surface area (Å²) in [6, 6.07) is 4.61. The van der Waals surface area contributed by atoms with Crippen molar-refractivity contribution in [3.8, 4) is 5.75 Å². The molecule has 1 N–H and O–H groups in total. The van der Waals surface area contributed by atoms with Crippen molar-refractivity contribution in [3.63, 3.8) is 0 Å². The summed E-state index contributed by atoms with van der Waals surface area (Å²) in [5.74, 6) is 0.901. The summed E-state index contributed by atoms with van der Waals surface area (Å²) < 4.78 is 5.31. The molecular weight excluding hydrogens is 226 g/mol. The molecule has 2 rings (SSSR count). The van der Waals surface area contributed by atoms with Gasteiger partial charge in [-0.1, -0.05) is 0 Å². The first-order chi connectivity index (χ1) is 8.69. The van der Waals surface area contributed by atoms with Crippen molar-refractivity contribution in [2.24, 2.45) is 0 Å². The Balaban J connectivity index is 2.09. The van der Waals surface area contributed by atoms with Crippen molar-refractivity contribution in [2.45, 2.75) is 32.9 Å². The molecular formula is C14H23N3O. The van der Waals surface area contributed by atoms with Gasteiger partial charge in [0.05, 0.1) is 12.8 Å². The smallest absolute Gasteiger partial charge is 0.122 e. The highest BCUT2D eigenvalue weighted by molar-refractivity contribution is 5.26. The Bertz CT molecular complexity index is 395. The number of hydrogen-bond donors (Lipinski definition) is 1. The molecule has 100 valence electrons. The molecule has 1 fully saturated rings. The van der Waals surface area contributed by atoms with Crippen LogP contribution in [-0.4, -0.2) is 42.7 Å². The van der Waals surface area contributed by atoms with E-state index in [2.05, 4.69) is 22.1 Å². The van der Waals surface area contributed by atoms with Crippen LogP contribution in [0.1, 0.15) is 24.7 Å². The van der Waals surface area contributed by atoms with Gasteiger partial charge in [0.25, 0.3) is 0 Å². The quantitative estimate of drug-likeness (QED) is 0.882. The first-order valence-electron chi connectivity index (χ1n) is 6.65. The lowest BCUT2D eigenvalue weighted by Crippen LogP contribution is -2.34. The summed E-state index contributed by atoms with van der Waals surface area (Å²) in [6.07, 6.45) is 1.20. The topological polar surface area (TPSA) is 37.4 Å². The molecule has 0 radical (unpaired) electrons. The van der Waals surface area contributed by atoms with E-state index in [0.717, 1.165) is 43.3 Å². The van der Waals surface area contributed by atoms with Crippen LogP contribution in [0.25, 0.3) is 0 Å². The number of methoxy groups -OCH3 is 1. The van der Waals surface area contributed by atoms with Gasteiger partial charge in [-0.05, 0) is 26.8 Å². The Kier molecular flexibility index (Phi) is 4.55. The molecule has 1 aliphatic rings. The van der Waals surface area contributed by atoms with Crippen LogP contribution in [-0.2, 0) is 6.54 Å². The van der Waals surface area contributed by atoms with Gasteiger partial charge in [0, 0.05) is 43.5 Å². The molecule has 2 heterocycles. The Labute approximate surface area is 109 Å². The predicted molar refractivity (Wildman–Crippen MR) is 72.9 cm³/mol. The van der Waals surface area contributed by atoms with Gasteiger partial charge in [-0.25, -0.2) is 0 Å². The molecule has 0 spiro atoms. The normalized spacial score (nSPS) is 21.6. The second-order valence-electron chi connectivity index (χ2n) is 5.00. The molecule has 0 saturated carbocycles. The molecule has 0 aromatic carbocycles. The third-order valence-corrected chi connectivity index (χ3v) is 3.52. The van der Waals surface area contributed by atoms with Crippen LogP contribution in [0.5, 0.6) is 5.75 Å². The van der Waals surface area contributed by atoms with E-state index >= 15 is 0 Å². The van der Waals surface area contributed by atoms with Crippen molar-refractivity contribution < 1.29 is 4.74 Å². The monoisotopic (exact) mass is 249 g/mol. The predicted octanol–water partition coefficient (Wildman–Crippen LogP) is 1.58.